The third-order valence-corrected chi connectivity index (χ3v) is 11.8. The van der Waals surface area contributed by atoms with Crippen molar-refractivity contribution in [1.82, 2.24) is 0 Å². The summed E-state index contributed by atoms with van der Waals surface area (Å²) in [7, 11) is 0. The van der Waals surface area contributed by atoms with Crippen molar-refractivity contribution in [2.45, 2.75) is 51.4 Å². The molecule has 308 valence electrons. The predicted molar refractivity (Wildman–Crippen MR) is 241 cm³/mol. The summed E-state index contributed by atoms with van der Waals surface area (Å²) in [5.41, 5.74) is 14.4. The third kappa shape index (κ3) is 9.97. The van der Waals surface area contributed by atoms with Crippen molar-refractivity contribution in [2.24, 2.45) is 0 Å². The van der Waals surface area contributed by atoms with E-state index in [0.717, 1.165) is 44.5 Å². The van der Waals surface area contributed by atoms with Gasteiger partial charge in [-0.25, -0.2) is 0 Å². The minimum atomic E-state index is 0.163. The molecule has 0 radical (unpaired) electrons. The number of aromatic hydroxyl groups is 4. The quantitative estimate of drug-likeness (QED) is 0.114. The van der Waals surface area contributed by atoms with Crippen molar-refractivity contribution in [3.05, 3.63) is 259 Å². The second kappa shape index (κ2) is 19.4. The van der Waals surface area contributed by atoms with Crippen molar-refractivity contribution < 1.29 is 43.6 Å². The number of rotatable bonds is 8. The number of hydrogen-bond donors (Lipinski definition) is 4. The summed E-state index contributed by atoms with van der Waals surface area (Å²) in [5, 5.41) is 48.8. The fraction of sp³-hybridized carbons (Fsp3) is 0.143. The summed E-state index contributed by atoms with van der Waals surface area (Å²) >= 11 is 0.700. The number of phenols is 4. The van der Waals surface area contributed by atoms with Gasteiger partial charge in [0.25, 0.3) is 0 Å². The number of benzene rings is 8. The molecule has 0 unspecified atom stereocenters. The SMILES string of the molecule is Oc1c2cc(Cc3ccccc3)cc1Cc1cc(Cc3ccccc3)cc(c1O)Cc1cc(Cc3ccccc3)cc(c1O)Cc1cc(Cc3ccccc3)cc(c1O)C2.[O]=[Mo]. The molecule has 0 atom stereocenters. The molecule has 1 aliphatic carbocycles. The molecule has 5 nitrogen and oxygen atoms in total. The summed E-state index contributed by atoms with van der Waals surface area (Å²) in [6.07, 6.45) is 3.82. The second-order valence-corrected chi connectivity index (χ2v) is 16.4. The van der Waals surface area contributed by atoms with Crippen molar-refractivity contribution in [3.63, 3.8) is 0 Å². The van der Waals surface area contributed by atoms with Crippen LogP contribution < -0.4 is 0 Å². The van der Waals surface area contributed by atoms with E-state index < -0.39 is 0 Å². The van der Waals surface area contributed by atoms with Crippen LogP contribution in [0.15, 0.2) is 170 Å². The molecule has 0 aliphatic heterocycles. The molecule has 0 heterocycles. The van der Waals surface area contributed by atoms with E-state index in [0.29, 0.717) is 116 Å². The Morgan fingerprint density at radius 1 is 0.274 bits per heavy atom. The van der Waals surface area contributed by atoms with E-state index in [1.165, 1.54) is 0 Å². The maximum atomic E-state index is 12.2. The van der Waals surface area contributed by atoms with E-state index in [1.54, 1.807) is 0 Å². The van der Waals surface area contributed by atoms with Crippen LogP contribution in [0, 0.1) is 0 Å². The van der Waals surface area contributed by atoms with Gasteiger partial charge in [-0.1, -0.05) is 170 Å². The van der Waals surface area contributed by atoms with Crippen LogP contribution >= 0.6 is 0 Å². The Kier molecular flexibility index (Phi) is 13.2. The first-order valence-electron chi connectivity index (χ1n) is 21.0. The predicted octanol–water partition coefficient (Wildman–Crippen LogP) is 11.4. The first-order valence-corrected chi connectivity index (χ1v) is 21.8. The van der Waals surface area contributed by atoms with E-state index in [4.69, 9.17) is 3.40 Å². The van der Waals surface area contributed by atoms with Gasteiger partial charge in [0, 0.05) is 25.7 Å². The molecule has 8 aromatic carbocycles. The van der Waals surface area contributed by atoms with Gasteiger partial charge >= 0.3 is 23.2 Å². The average molecular weight is 897 g/mol. The van der Waals surface area contributed by atoms with E-state index >= 15 is 0 Å². The molecular formula is C56H48MoO5. The number of hydrogen-bond acceptors (Lipinski definition) is 5. The molecule has 0 fully saturated rings. The van der Waals surface area contributed by atoms with Gasteiger partial charge in [-0.05, 0) is 115 Å². The molecule has 62 heavy (non-hydrogen) atoms. The molecule has 8 bridgehead atoms. The van der Waals surface area contributed by atoms with E-state index in [1.807, 2.05) is 72.8 Å². The van der Waals surface area contributed by atoms with Crippen LogP contribution in [0.5, 0.6) is 23.0 Å². The van der Waals surface area contributed by atoms with Gasteiger partial charge in [-0.3, -0.25) is 0 Å². The van der Waals surface area contributed by atoms with Crippen LogP contribution in [0.25, 0.3) is 0 Å². The van der Waals surface area contributed by atoms with Crippen LogP contribution in [0.3, 0.4) is 0 Å². The zero-order valence-corrected chi connectivity index (χ0v) is 36.4. The average Bonchev–Trinajstić information content (AvgIpc) is 3.29. The maximum absolute atomic E-state index is 12.2. The zero-order valence-electron chi connectivity index (χ0n) is 34.4. The molecule has 9 rings (SSSR count). The Bertz CT molecular complexity index is 2330. The van der Waals surface area contributed by atoms with Crippen molar-refractivity contribution >= 4 is 0 Å². The summed E-state index contributed by atoms with van der Waals surface area (Å²) < 4.78 is 8.26. The number of fused-ring (bicyclic) bond motifs is 8. The summed E-state index contributed by atoms with van der Waals surface area (Å²) in [4.78, 5) is 0. The van der Waals surface area contributed by atoms with E-state index in [-0.39, 0.29) is 23.0 Å². The van der Waals surface area contributed by atoms with Crippen LogP contribution in [-0.4, -0.2) is 20.4 Å². The molecule has 8 aromatic rings. The first kappa shape index (κ1) is 42.2. The van der Waals surface area contributed by atoms with E-state index in [9.17, 15) is 20.4 Å². The topological polar surface area (TPSA) is 98.0 Å². The van der Waals surface area contributed by atoms with Gasteiger partial charge in [-0.2, -0.15) is 0 Å². The summed E-state index contributed by atoms with van der Waals surface area (Å²) in [5.74, 6) is 0.652. The monoisotopic (exact) mass is 898 g/mol. The van der Waals surface area contributed by atoms with Crippen LogP contribution in [0.4, 0.5) is 0 Å². The Morgan fingerprint density at radius 3 is 0.597 bits per heavy atom. The Balaban J connectivity index is 0.00000261. The molecule has 0 saturated carbocycles. The van der Waals surface area contributed by atoms with Crippen LogP contribution in [0.1, 0.15) is 89.0 Å². The fourth-order valence-electron chi connectivity index (χ4n) is 8.96. The first-order chi connectivity index (χ1) is 30.3. The molecule has 4 N–H and O–H groups in total. The van der Waals surface area contributed by atoms with Gasteiger partial charge in [0.1, 0.15) is 23.0 Å². The fourth-order valence-corrected chi connectivity index (χ4v) is 8.96. The summed E-state index contributed by atoms with van der Waals surface area (Å²) in [6, 6.07) is 57.6. The Morgan fingerprint density at radius 2 is 0.435 bits per heavy atom. The standard InChI is InChI=1S/C56H48O4.Mo.O/c57-53-45-25-41(21-37-13-5-1-6-14-37)26-46(53)34-48-28-43(23-39-17-9-3-10-18-39)30-50(55(48)59)36-52-32-44(24-40-19-11-4-12-20-40)31-51(56(52)60)35-49-29-42(27-47(33-45)54(49)58)22-38-15-7-2-8-16-38;;/h1-20,25-32,57-60H,21-24,33-36H2;;. The molecule has 6 heteroatoms. The molecule has 0 aromatic heterocycles. The molecule has 0 saturated heterocycles. The molecule has 0 spiro atoms. The van der Waals surface area contributed by atoms with Crippen molar-refractivity contribution in [2.75, 3.05) is 0 Å². The normalized spacial score (nSPS) is 11.9. The Labute approximate surface area is 374 Å². The van der Waals surface area contributed by atoms with Crippen LogP contribution in [-0.2, 0) is 74.5 Å². The van der Waals surface area contributed by atoms with Crippen LogP contribution in [0.2, 0.25) is 0 Å². The van der Waals surface area contributed by atoms with Crippen molar-refractivity contribution in [1.29, 1.82) is 0 Å². The van der Waals surface area contributed by atoms with Gasteiger partial charge in [-0.15, -0.1) is 0 Å². The summed E-state index contributed by atoms with van der Waals surface area (Å²) in [6.45, 7) is 0. The van der Waals surface area contributed by atoms with E-state index in [2.05, 4.69) is 97.1 Å². The minimum absolute atomic E-state index is 0.163. The molecule has 1 aliphatic rings. The van der Waals surface area contributed by atoms with Gasteiger partial charge in [0.2, 0.25) is 0 Å². The molecular weight excluding hydrogens is 849 g/mol. The van der Waals surface area contributed by atoms with Gasteiger partial charge < -0.3 is 20.4 Å². The van der Waals surface area contributed by atoms with Gasteiger partial charge in [0.15, 0.2) is 0 Å². The zero-order chi connectivity index (χ0) is 43.0. The van der Waals surface area contributed by atoms with Crippen molar-refractivity contribution in [3.8, 4) is 23.0 Å². The Hall–Kier alpha value is -6.55. The number of phenolic OH excluding ortho intramolecular Hbond substituents is 4. The second-order valence-electron chi connectivity index (χ2n) is 16.4. The molecule has 0 amide bonds. The van der Waals surface area contributed by atoms with Gasteiger partial charge in [0.05, 0.1) is 0 Å². The third-order valence-electron chi connectivity index (χ3n) is 11.8.